The summed E-state index contributed by atoms with van der Waals surface area (Å²) < 4.78 is 30.0. The van der Waals surface area contributed by atoms with Gasteiger partial charge in [-0.1, -0.05) is 46.5 Å². The molecule has 1 aliphatic heterocycles. The Morgan fingerprint density at radius 2 is 1.76 bits per heavy atom. The van der Waals surface area contributed by atoms with Crippen LogP contribution < -0.4 is 0 Å². The summed E-state index contributed by atoms with van der Waals surface area (Å²) in [4.78, 5) is 0.394. The lowest BCUT2D eigenvalue weighted by Crippen LogP contribution is -2.46. The van der Waals surface area contributed by atoms with Crippen LogP contribution >= 0.6 is 38.5 Å². The number of hydrogen-bond acceptors (Lipinski definition) is 2. The molecule has 3 rings (SSSR count). The molecule has 0 unspecified atom stereocenters. The van der Waals surface area contributed by atoms with Gasteiger partial charge in [-0.15, -0.1) is 0 Å². The van der Waals surface area contributed by atoms with Gasteiger partial charge in [0.2, 0.25) is 10.0 Å². The van der Waals surface area contributed by atoms with E-state index in [-0.39, 0.29) is 5.54 Å². The number of aryl methyl sites for hydroxylation is 1. The fourth-order valence-corrected chi connectivity index (χ4v) is 7.01. The molecule has 114 valence electrons. The van der Waals surface area contributed by atoms with Crippen LogP contribution in [-0.2, 0) is 10.0 Å². The molecule has 1 aromatic carbocycles. The van der Waals surface area contributed by atoms with Crippen molar-refractivity contribution in [3.8, 4) is 0 Å². The molecular weight excluding hydrogens is 465 g/mol. The lowest BCUT2D eigenvalue weighted by atomic mass is 10.00. The van der Waals surface area contributed by atoms with Crippen LogP contribution in [0.3, 0.4) is 0 Å². The summed E-state index contributed by atoms with van der Waals surface area (Å²) in [6.45, 7) is 2.42. The molecule has 21 heavy (non-hydrogen) atoms. The average molecular weight is 482 g/mol. The molecule has 1 aromatic rings. The van der Waals surface area contributed by atoms with Crippen LogP contribution in [0.15, 0.2) is 37.2 Å². The van der Waals surface area contributed by atoms with Gasteiger partial charge in [0.1, 0.15) is 0 Å². The average Bonchev–Trinajstić information content (AvgIpc) is 3.02. The predicted octanol–water partition coefficient (Wildman–Crippen LogP) is 4.35. The highest BCUT2D eigenvalue weighted by molar-refractivity contribution is 14.1. The molecule has 0 bridgehead atoms. The van der Waals surface area contributed by atoms with E-state index in [9.17, 15) is 8.42 Å². The number of hydrogen-bond donors (Lipinski definition) is 0. The van der Waals surface area contributed by atoms with Crippen LogP contribution in [0.25, 0.3) is 0 Å². The van der Waals surface area contributed by atoms with E-state index in [1.165, 1.54) is 0 Å². The van der Waals surface area contributed by atoms with Gasteiger partial charge in [0.05, 0.1) is 10.4 Å². The molecular formula is C15H17BrINO2S. The van der Waals surface area contributed by atoms with Crippen LogP contribution in [0.2, 0.25) is 0 Å². The second kappa shape index (κ2) is 5.62. The Morgan fingerprint density at radius 1 is 1.19 bits per heavy atom. The minimum atomic E-state index is -3.46. The third kappa shape index (κ3) is 2.52. The molecule has 1 heterocycles. The first kappa shape index (κ1) is 16.0. The summed E-state index contributed by atoms with van der Waals surface area (Å²) in [5.41, 5.74) is 0.753. The smallest absolute Gasteiger partial charge is 0.207 e. The number of sulfonamides is 1. The number of rotatable bonds is 2. The van der Waals surface area contributed by atoms with Gasteiger partial charge in [-0.05, 0) is 54.5 Å². The molecule has 0 N–H and O–H groups in total. The topological polar surface area (TPSA) is 37.4 Å². The summed E-state index contributed by atoms with van der Waals surface area (Å²) in [6.07, 6.45) is 4.02. The third-order valence-electron chi connectivity index (χ3n) is 4.45. The standard InChI is InChI=1S/C15H17BrINO2S/c1-11-4-6-12(7-5-11)21(19,20)18-10-13(16)14(17)15(18)8-2-3-9-15/h4-7H,2-3,8-10H2,1H3. The Balaban J connectivity index is 2.05. The van der Waals surface area contributed by atoms with Crippen molar-refractivity contribution < 1.29 is 8.42 Å². The zero-order valence-corrected chi connectivity index (χ0v) is 16.3. The predicted molar refractivity (Wildman–Crippen MR) is 96.2 cm³/mol. The largest absolute Gasteiger partial charge is 0.244 e. The minimum Gasteiger partial charge on any atom is -0.207 e. The molecule has 0 saturated heterocycles. The molecule has 0 aromatic heterocycles. The van der Waals surface area contributed by atoms with Gasteiger partial charge < -0.3 is 0 Å². The number of halogens is 2. The molecule has 1 aliphatic carbocycles. The van der Waals surface area contributed by atoms with E-state index in [0.29, 0.717) is 11.4 Å². The summed E-state index contributed by atoms with van der Waals surface area (Å²) in [5.74, 6) is 0. The van der Waals surface area contributed by atoms with Crippen LogP contribution in [0, 0.1) is 6.92 Å². The molecule has 1 saturated carbocycles. The van der Waals surface area contributed by atoms with E-state index in [1.54, 1.807) is 16.4 Å². The summed E-state index contributed by atoms with van der Waals surface area (Å²) in [7, 11) is -3.46. The molecule has 3 nitrogen and oxygen atoms in total. The zero-order chi connectivity index (χ0) is 15.3. The second-order valence-corrected chi connectivity index (χ2v) is 9.68. The summed E-state index contributed by atoms with van der Waals surface area (Å²) in [5, 5.41) is 0. The van der Waals surface area contributed by atoms with Crippen molar-refractivity contribution in [1.29, 1.82) is 0 Å². The normalized spacial score (nSPS) is 22.4. The first-order chi connectivity index (χ1) is 9.88. The Kier molecular flexibility index (Phi) is 4.27. The van der Waals surface area contributed by atoms with Gasteiger partial charge in [-0.25, -0.2) is 8.42 Å². The van der Waals surface area contributed by atoms with Crippen molar-refractivity contribution in [2.45, 2.75) is 43.0 Å². The highest BCUT2D eigenvalue weighted by Crippen LogP contribution is 2.52. The van der Waals surface area contributed by atoms with Crippen LogP contribution in [-0.4, -0.2) is 24.8 Å². The van der Waals surface area contributed by atoms with Crippen LogP contribution in [0.4, 0.5) is 0 Å². The fraction of sp³-hybridized carbons (Fsp3) is 0.467. The van der Waals surface area contributed by atoms with Crippen molar-refractivity contribution in [2.75, 3.05) is 6.54 Å². The minimum absolute atomic E-state index is 0.316. The van der Waals surface area contributed by atoms with Crippen LogP contribution in [0.5, 0.6) is 0 Å². The van der Waals surface area contributed by atoms with Gasteiger partial charge in [0, 0.05) is 14.6 Å². The molecule has 0 atom stereocenters. The van der Waals surface area contributed by atoms with Gasteiger partial charge >= 0.3 is 0 Å². The van der Waals surface area contributed by atoms with Crippen molar-refractivity contribution in [1.82, 2.24) is 4.31 Å². The second-order valence-electron chi connectivity index (χ2n) is 5.78. The maximum atomic E-state index is 13.1. The lowest BCUT2D eigenvalue weighted by molar-refractivity contribution is 0.282. The fourth-order valence-electron chi connectivity index (χ4n) is 3.29. The molecule has 6 heteroatoms. The maximum Gasteiger partial charge on any atom is 0.244 e. The Morgan fingerprint density at radius 3 is 2.33 bits per heavy atom. The van der Waals surface area contributed by atoms with Gasteiger partial charge in [-0.2, -0.15) is 4.31 Å². The molecule has 1 fully saturated rings. The monoisotopic (exact) mass is 481 g/mol. The Bertz CT molecular complexity index is 691. The zero-order valence-electron chi connectivity index (χ0n) is 11.8. The van der Waals surface area contributed by atoms with Crippen molar-refractivity contribution in [2.24, 2.45) is 0 Å². The van der Waals surface area contributed by atoms with E-state index in [0.717, 1.165) is 39.3 Å². The number of benzene rings is 1. The highest BCUT2D eigenvalue weighted by atomic mass is 127. The first-order valence-corrected chi connectivity index (χ1v) is 10.3. The van der Waals surface area contributed by atoms with E-state index in [4.69, 9.17) is 0 Å². The first-order valence-electron chi connectivity index (χ1n) is 7.02. The Hall–Kier alpha value is 0.0800. The molecule has 0 amide bonds. The Labute approximate surface area is 148 Å². The van der Waals surface area contributed by atoms with Crippen LogP contribution in [0.1, 0.15) is 31.2 Å². The SMILES string of the molecule is Cc1ccc(S(=O)(=O)N2CC(Br)=C(I)C23CCCC3)cc1. The van der Waals surface area contributed by atoms with Gasteiger partial charge in [-0.3, -0.25) is 0 Å². The molecule has 1 spiro atoms. The van der Waals surface area contributed by atoms with E-state index < -0.39 is 10.0 Å². The summed E-state index contributed by atoms with van der Waals surface area (Å²) in [6, 6.07) is 7.15. The summed E-state index contributed by atoms with van der Waals surface area (Å²) >= 11 is 5.89. The van der Waals surface area contributed by atoms with Gasteiger partial charge in [0.25, 0.3) is 0 Å². The number of nitrogens with zero attached hydrogens (tertiary/aromatic N) is 1. The molecule has 2 aliphatic rings. The highest BCUT2D eigenvalue weighted by Gasteiger charge is 2.52. The maximum absolute atomic E-state index is 13.1. The van der Waals surface area contributed by atoms with E-state index in [2.05, 4.69) is 38.5 Å². The molecule has 0 radical (unpaired) electrons. The van der Waals surface area contributed by atoms with Crippen molar-refractivity contribution >= 4 is 48.5 Å². The van der Waals surface area contributed by atoms with E-state index >= 15 is 0 Å². The third-order valence-corrected chi connectivity index (χ3v) is 9.42. The van der Waals surface area contributed by atoms with Crippen molar-refractivity contribution in [3.05, 3.63) is 37.9 Å². The van der Waals surface area contributed by atoms with Crippen molar-refractivity contribution in [3.63, 3.8) is 0 Å². The lowest BCUT2D eigenvalue weighted by Gasteiger charge is -2.35. The van der Waals surface area contributed by atoms with Gasteiger partial charge in [0.15, 0.2) is 0 Å². The quantitative estimate of drug-likeness (QED) is 0.589. The van der Waals surface area contributed by atoms with E-state index in [1.807, 2.05) is 19.1 Å².